The Balaban J connectivity index is 1.23. The number of nitrogens with one attached hydrogen (secondary N) is 1. The second-order valence-corrected chi connectivity index (χ2v) is 12.1. The van der Waals surface area contributed by atoms with Gasteiger partial charge in [-0.3, -0.25) is 9.59 Å². The van der Waals surface area contributed by atoms with Crippen molar-refractivity contribution in [2.45, 2.75) is 56.2 Å². The van der Waals surface area contributed by atoms with Crippen LogP contribution in [-0.2, 0) is 32.7 Å². The molecule has 1 saturated carbocycles. The molecular weight excluding hydrogens is 574 g/mol. The summed E-state index contributed by atoms with van der Waals surface area (Å²) in [6.45, 7) is 0.401. The molecule has 230 valence electrons. The van der Waals surface area contributed by atoms with E-state index in [2.05, 4.69) is 10.3 Å². The van der Waals surface area contributed by atoms with Crippen molar-refractivity contribution >= 4 is 34.4 Å². The van der Waals surface area contributed by atoms with Crippen LogP contribution in [-0.4, -0.2) is 34.9 Å². The Morgan fingerprint density at radius 2 is 1.52 bits per heavy atom. The zero-order valence-corrected chi connectivity index (χ0v) is 25.5. The van der Waals surface area contributed by atoms with Crippen molar-refractivity contribution in [3.63, 3.8) is 0 Å². The summed E-state index contributed by atoms with van der Waals surface area (Å²) in [5.41, 5.74) is 3.53. The molecule has 0 unspecified atom stereocenters. The molecule has 1 aliphatic carbocycles. The minimum atomic E-state index is -1.09. The second-order valence-electron chi connectivity index (χ2n) is 12.1. The fourth-order valence-electron chi connectivity index (χ4n) is 7.11. The number of carbonyl (C=O) groups excluding carboxylic acids is 3. The lowest BCUT2D eigenvalue weighted by Crippen LogP contribution is -2.63. The number of aryl methyl sites for hydroxylation is 1. The third kappa shape index (κ3) is 5.53. The molecule has 0 bridgehead atoms. The first-order valence-corrected chi connectivity index (χ1v) is 15.9. The quantitative estimate of drug-likeness (QED) is 0.202. The zero-order valence-electron chi connectivity index (χ0n) is 25.5. The lowest BCUT2D eigenvalue weighted by atomic mass is 9.65. The first-order valence-electron chi connectivity index (χ1n) is 15.9. The SMILES string of the molecule is O=C(CCc1ccccc1)N[C@H]1[C@H](OC(=O)c2ccc3ccccc3n2)CCC[C@@]12C(=O)N(Cc1ccccc1)c1ccccc12. The van der Waals surface area contributed by atoms with Crippen molar-refractivity contribution in [2.24, 2.45) is 0 Å². The number of amides is 2. The highest BCUT2D eigenvalue weighted by atomic mass is 16.5. The number of pyridine rings is 1. The van der Waals surface area contributed by atoms with E-state index < -0.39 is 23.5 Å². The van der Waals surface area contributed by atoms with Gasteiger partial charge in [0.15, 0.2) is 0 Å². The van der Waals surface area contributed by atoms with Gasteiger partial charge < -0.3 is 15.0 Å². The van der Waals surface area contributed by atoms with Crippen molar-refractivity contribution in [1.29, 1.82) is 0 Å². The van der Waals surface area contributed by atoms with E-state index in [1.165, 1.54) is 0 Å². The minimum Gasteiger partial charge on any atom is -0.455 e. The normalized spacial score (nSPS) is 20.4. The standard InChI is InChI=1S/C39H35N3O4/c43-35(24-21-27-12-3-1-4-13-27)41-36-34(46-37(44)32-23-22-29-16-7-9-18-31(29)40-32)20-11-25-39(36)30-17-8-10-19-33(30)42(38(39)45)26-28-14-5-2-6-15-28/h1-10,12-19,22-23,34,36H,11,20-21,24-26H2,(H,41,43)/t34-,36+,39+/m1/s1. The minimum absolute atomic E-state index is 0.0875. The topological polar surface area (TPSA) is 88.6 Å². The van der Waals surface area contributed by atoms with E-state index in [-0.39, 0.29) is 23.9 Å². The van der Waals surface area contributed by atoms with E-state index in [4.69, 9.17) is 4.74 Å². The second kappa shape index (κ2) is 12.6. The lowest BCUT2D eigenvalue weighted by Gasteiger charge is -2.44. The van der Waals surface area contributed by atoms with Crippen molar-refractivity contribution in [1.82, 2.24) is 10.3 Å². The average Bonchev–Trinajstić information content (AvgIpc) is 3.32. The Labute approximate surface area is 268 Å². The van der Waals surface area contributed by atoms with Crippen molar-refractivity contribution in [3.8, 4) is 0 Å². The van der Waals surface area contributed by atoms with E-state index in [9.17, 15) is 14.4 Å². The molecule has 2 amide bonds. The Morgan fingerprint density at radius 3 is 2.33 bits per heavy atom. The molecule has 7 rings (SSSR count). The third-order valence-electron chi connectivity index (χ3n) is 9.31. The van der Waals surface area contributed by atoms with Gasteiger partial charge in [-0.05, 0) is 60.6 Å². The van der Waals surface area contributed by atoms with Crippen LogP contribution in [0.1, 0.15) is 52.9 Å². The number of ether oxygens (including phenoxy) is 1. The number of esters is 1. The summed E-state index contributed by atoms with van der Waals surface area (Å²) in [7, 11) is 0. The first-order chi connectivity index (χ1) is 22.5. The Kier molecular flexibility index (Phi) is 8.06. The summed E-state index contributed by atoms with van der Waals surface area (Å²) in [4.78, 5) is 48.5. The molecule has 5 aromatic rings. The number of anilines is 1. The van der Waals surface area contributed by atoms with Crippen molar-refractivity contribution in [2.75, 3.05) is 4.90 Å². The molecule has 1 aliphatic heterocycles. The summed E-state index contributed by atoms with van der Waals surface area (Å²) in [6.07, 6.45) is 1.76. The molecule has 4 aromatic carbocycles. The highest BCUT2D eigenvalue weighted by molar-refractivity contribution is 6.09. The van der Waals surface area contributed by atoms with E-state index in [1.807, 2.05) is 120 Å². The molecule has 3 atom stereocenters. The third-order valence-corrected chi connectivity index (χ3v) is 9.31. The fraction of sp³-hybridized carbons (Fsp3) is 0.231. The summed E-state index contributed by atoms with van der Waals surface area (Å²) in [5.74, 6) is -0.849. The average molecular weight is 610 g/mol. The summed E-state index contributed by atoms with van der Waals surface area (Å²) < 4.78 is 6.22. The van der Waals surface area contributed by atoms with Crippen LogP contribution in [0.3, 0.4) is 0 Å². The summed E-state index contributed by atoms with van der Waals surface area (Å²) in [6, 6.07) is 37.9. The maximum absolute atomic E-state index is 14.8. The molecule has 1 aromatic heterocycles. The lowest BCUT2D eigenvalue weighted by molar-refractivity contribution is -0.131. The first kappa shape index (κ1) is 29.4. The monoisotopic (exact) mass is 609 g/mol. The maximum Gasteiger partial charge on any atom is 0.357 e. The number of hydrogen-bond donors (Lipinski definition) is 1. The van der Waals surface area contributed by atoms with Crippen LogP contribution < -0.4 is 10.2 Å². The van der Waals surface area contributed by atoms with Crippen LogP contribution in [0.2, 0.25) is 0 Å². The molecule has 1 fully saturated rings. The zero-order chi connectivity index (χ0) is 31.5. The van der Waals surface area contributed by atoms with Crippen LogP contribution in [0, 0.1) is 0 Å². The van der Waals surface area contributed by atoms with Crippen LogP contribution >= 0.6 is 0 Å². The predicted molar refractivity (Wildman–Crippen MR) is 177 cm³/mol. The number of rotatable bonds is 8. The Morgan fingerprint density at radius 1 is 0.826 bits per heavy atom. The Bertz CT molecular complexity index is 1890. The Hall–Kier alpha value is -5.30. The van der Waals surface area contributed by atoms with Crippen LogP contribution in [0.5, 0.6) is 0 Å². The molecule has 1 N–H and O–H groups in total. The summed E-state index contributed by atoms with van der Waals surface area (Å²) in [5, 5.41) is 4.15. The van der Waals surface area contributed by atoms with Crippen LogP contribution in [0.4, 0.5) is 5.69 Å². The van der Waals surface area contributed by atoms with Gasteiger partial charge in [0, 0.05) is 17.5 Å². The van der Waals surface area contributed by atoms with Crippen molar-refractivity contribution in [3.05, 3.63) is 144 Å². The number of aromatic nitrogens is 1. The molecule has 2 heterocycles. The molecule has 7 nitrogen and oxygen atoms in total. The van der Waals surface area contributed by atoms with E-state index in [0.717, 1.165) is 27.8 Å². The molecule has 7 heteroatoms. The van der Waals surface area contributed by atoms with Gasteiger partial charge in [0.05, 0.1) is 18.1 Å². The number of hydrogen-bond acceptors (Lipinski definition) is 5. The van der Waals surface area contributed by atoms with Gasteiger partial charge in [0.25, 0.3) is 0 Å². The highest BCUT2D eigenvalue weighted by Gasteiger charge is 2.60. The molecular formula is C39H35N3O4. The molecule has 46 heavy (non-hydrogen) atoms. The highest BCUT2D eigenvalue weighted by Crippen LogP contribution is 2.51. The van der Waals surface area contributed by atoms with E-state index in [1.54, 1.807) is 6.07 Å². The molecule has 2 aliphatic rings. The number of carbonyl (C=O) groups is 3. The van der Waals surface area contributed by atoms with E-state index >= 15 is 0 Å². The van der Waals surface area contributed by atoms with E-state index in [0.29, 0.717) is 37.7 Å². The van der Waals surface area contributed by atoms with Crippen LogP contribution in [0.25, 0.3) is 10.9 Å². The molecule has 0 radical (unpaired) electrons. The smallest absolute Gasteiger partial charge is 0.357 e. The summed E-state index contributed by atoms with van der Waals surface area (Å²) >= 11 is 0. The fourth-order valence-corrected chi connectivity index (χ4v) is 7.11. The largest absolute Gasteiger partial charge is 0.455 e. The van der Waals surface area contributed by atoms with Gasteiger partial charge in [-0.1, -0.05) is 103 Å². The van der Waals surface area contributed by atoms with Gasteiger partial charge in [-0.25, -0.2) is 9.78 Å². The van der Waals surface area contributed by atoms with Gasteiger partial charge in [0.2, 0.25) is 11.8 Å². The number of para-hydroxylation sites is 2. The maximum atomic E-state index is 14.8. The number of benzene rings is 4. The van der Waals surface area contributed by atoms with Crippen LogP contribution in [0.15, 0.2) is 121 Å². The molecule has 1 spiro atoms. The van der Waals surface area contributed by atoms with Gasteiger partial charge in [0.1, 0.15) is 17.2 Å². The van der Waals surface area contributed by atoms with Gasteiger partial charge in [-0.2, -0.15) is 0 Å². The molecule has 0 saturated heterocycles. The van der Waals surface area contributed by atoms with Gasteiger partial charge >= 0.3 is 5.97 Å². The van der Waals surface area contributed by atoms with Crippen molar-refractivity contribution < 1.29 is 19.1 Å². The number of fused-ring (bicyclic) bond motifs is 3. The predicted octanol–water partition coefficient (Wildman–Crippen LogP) is 6.55. The van der Waals surface area contributed by atoms with Gasteiger partial charge in [-0.15, -0.1) is 0 Å². The number of nitrogens with zero attached hydrogens (tertiary/aromatic N) is 2.